The van der Waals surface area contributed by atoms with Gasteiger partial charge >= 0.3 is 0 Å². The lowest BCUT2D eigenvalue weighted by atomic mass is 9.74. The zero-order chi connectivity index (χ0) is 12.5. The number of rotatable bonds is 2. The van der Waals surface area contributed by atoms with Crippen molar-refractivity contribution in [3.63, 3.8) is 0 Å². The Labute approximate surface area is 103 Å². The Balaban J connectivity index is 2.06. The highest BCUT2D eigenvalue weighted by Gasteiger charge is 2.42. The molecule has 0 aromatic rings. The van der Waals surface area contributed by atoms with E-state index in [0.29, 0.717) is 19.6 Å². The summed E-state index contributed by atoms with van der Waals surface area (Å²) in [6.45, 7) is 1.08. The highest BCUT2D eigenvalue weighted by Crippen LogP contribution is 2.39. The van der Waals surface area contributed by atoms with Gasteiger partial charge in [-0.3, -0.25) is 0 Å². The minimum Gasteiger partial charge on any atom is -0.387 e. The average Bonchev–Trinajstić information content (AvgIpc) is 2.29. The monoisotopic (exact) mass is 262 g/mol. The fourth-order valence-electron chi connectivity index (χ4n) is 3.15. The summed E-state index contributed by atoms with van der Waals surface area (Å²) < 4.78 is 28.6. The first-order valence-corrected chi connectivity index (χ1v) is 8.36. The van der Waals surface area contributed by atoms with Gasteiger partial charge in [-0.15, -0.1) is 0 Å². The van der Waals surface area contributed by atoms with Crippen LogP contribution in [0.1, 0.15) is 38.5 Å². The van der Waals surface area contributed by atoms with Gasteiger partial charge < -0.3 is 9.84 Å². The van der Waals surface area contributed by atoms with Gasteiger partial charge in [0.05, 0.1) is 17.5 Å². The van der Waals surface area contributed by atoms with Crippen LogP contribution in [0.5, 0.6) is 0 Å². The normalized spacial score (nSPS) is 40.1. The van der Waals surface area contributed by atoms with Crippen LogP contribution in [-0.4, -0.2) is 43.8 Å². The summed E-state index contributed by atoms with van der Waals surface area (Å²) in [4.78, 5) is 0. The summed E-state index contributed by atoms with van der Waals surface area (Å²) in [5.74, 6) is 0.0799. The van der Waals surface area contributed by atoms with E-state index in [1.54, 1.807) is 0 Å². The second-order valence-corrected chi connectivity index (χ2v) is 7.90. The van der Waals surface area contributed by atoms with Crippen molar-refractivity contribution in [1.82, 2.24) is 0 Å². The molecule has 2 aliphatic rings. The zero-order valence-corrected chi connectivity index (χ0v) is 11.2. The van der Waals surface area contributed by atoms with Crippen molar-refractivity contribution in [2.75, 3.05) is 19.5 Å². The quantitative estimate of drug-likeness (QED) is 0.810. The van der Waals surface area contributed by atoms with Crippen molar-refractivity contribution >= 4 is 9.84 Å². The maximum Gasteiger partial charge on any atom is 0.150 e. The van der Waals surface area contributed by atoms with Gasteiger partial charge in [0, 0.05) is 12.9 Å². The standard InChI is InChI=1S/C12H22O4S/c1-17(14,15)11-5-2-4-10(8-11)12(13)6-3-7-16-9-12/h10-11,13H,2-9H2,1H3. The smallest absolute Gasteiger partial charge is 0.150 e. The van der Waals surface area contributed by atoms with Gasteiger partial charge in [-0.1, -0.05) is 6.42 Å². The van der Waals surface area contributed by atoms with E-state index in [9.17, 15) is 13.5 Å². The van der Waals surface area contributed by atoms with Crippen molar-refractivity contribution in [3.8, 4) is 0 Å². The summed E-state index contributed by atoms with van der Waals surface area (Å²) >= 11 is 0. The Morgan fingerprint density at radius 1 is 1.29 bits per heavy atom. The van der Waals surface area contributed by atoms with Crippen LogP contribution in [0, 0.1) is 5.92 Å². The fraction of sp³-hybridized carbons (Fsp3) is 1.00. The van der Waals surface area contributed by atoms with E-state index in [0.717, 1.165) is 32.1 Å². The number of hydrogen-bond acceptors (Lipinski definition) is 4. The number of ether oxygens (including phenoxy) is 1. The highest BCUT2D eigenvalue weighted by atomic mass is 32.2. The third kappa shape index (κ3) is 3.01. The largest absolute Gasteiger partial charge is 0.387 e. The Hall–Kier alpha value is -0.130. The molecule has 2 fully saturated rings. The number of hydrogen-bond donors (Lipinski definition) is 1. The Morgan fingerprint density at radius 3 is 2.65 bits per heavy atom. The first-order valence-electron chi connectivity index (χ1n) is 6.41. The van der Waals surface area contributed by atoms with Crippen LogP contribution in [0.3, 0.4) is 0 Å². The van der Waals surface area contributed by atoms with Crippen LogP contribution in [0.25, 0.3) is 0 Å². The third-order valence-corrected chi connectivity index (χ3v) is 5.88. The molecule has 1 saturated carbocycles. The lowest BCUT2D eigenvalue weighted by Crippen LogP contribution is -2.48. The minimum atomic E-state index is -2.98. The molecule has 0 aromatic heterocycles. The van der Waals surface area contributed by atoms with Gasteiger partial charge in [0.15, 0.2) is 0 Å². The van der Waals surface area contributed by atoms with Gasteiger partial charge in [0.2, 0.25) is 0 Å². The second kappa shape index (κ2) is 4.86. The first kappa shape index (κ1) is 13.3. The lowest BCUT2D eigenvalue weighted by molar-refractivity contribution is -0.126. The predicted octanol–water partition coefficient (Wildman–Crippen LogP) is 1.13. The predicted molar refractivity (Wildman–Crippen MR) is 65.6 cm³/mol. The van der Waals surface area contributed by atoms with Crippen LogP contribution in [-0.2, 0) is 14.6 Å². The van der Waals surface area contributed by atoms with Gasteiger partial charge in [-0.2, -0.15) is 0 Å². The van der Waals surface area contributed by atoms with Crippen molar-refractivity contribution < 1.29 is 18.3 Å². The number of aliphatic hydroxyl groups is 1. The van der Waals surface area contributed by atoms with E-state index in [-0.39, 0.29) is 11.2 Å². The molecule has 0 spiro atoms. The van der Waals surface area contributed by atoms with Gasteiger partial charge in [0.1, 0.15) is 9.84 Å². The number of sulfone groups is 1. The lowest BCUT2D eigenvalue weighted by Gasteiger charge is -2.42. The molecular formula is C12H22O4S. The molecule has 5 heteroatoms. The summed E-state index contributed by atoms with van der Waals surface area (Å²) in [5, 5.41) is 10.3. The molecule has 1 aliphatic heterocycles. The van der Waals surface area contributed by atoms with Crippen LogP contribution in [0.15, 0.2) is 0 Å². The third-order valence-electron chi connectivity index (χ3n) is 4.24. The first-order chi connectivity index (χ1) is 7.92. The molecule has 2 rings (SSSR count). The summed E-state index contributed by atoms with van der Waals surface area (Å²) in [6.07, 6.45) is 6.08. The van der Waals surface area contributed by atoms with Crippen LogP contribution >= 0.6 is 0 Å². The molecule has 3 atom stereocenters. The van der Waals surface area contributed by atoms with E-state index in [1.807, 2.05) is 0 Å². The molecule has 0 radical (unpaired) electrons. The SMILES string of the molecule is CS(=O)(=O)C1CCCC(C2(O)CCCOC2)C1. The van der Waals surface area contributed by atoms with Crippen LogP contribution in [0.4, 0.5) is 0 Å². The van der Waals surface area contributed by atoms with E-state index in [4.69, 9.17) is 4.74 Å². The van der Waals surface area contributed by atoms with E-state index < -0.39 is 15.4 Å². The highest BCUT2D eigenvalue weighted by molar-refractivity contribution is 7.91. The fourth-order valence-corrected chi connectivity index (χ4v) is 4.32. The second-order valence-electron chi connectivity index (χ2n) is 5.57. The van der Waals surface area contributed by atoms with Crippen molar-refractivity contribution in [3.05, 3.63) is 0 Å². The Kier molecular flexibility index (Phi) is 3.80. The average molecular weight is 262 g/mol. The van der Waals surface area contributed by atoms with Gasteiger partial charge in [-0.25, -0.2) is 8.42 Å². The van der Waals surface area contributed by atoms with E-state index in [1.165, 1.54) is 6.26 Å². The Bertz CT molecular complexity index is 357. The molecule has 4 nitrogen and oxygen atoms in total. The van der Waals surface area contributed by atoms with Crippen LogP contribution < -0.4 is 0 Å². The van der Waals surface area contributed by atoms with Gasteiger partial charge in [-0.05, 0) is 38.0 Å². The molecular weight excluding hydrogens is 240 g/mol. The molecule has 3 unspecified atom stereocenters. The molecule has 1 saturated heterocycles. The maximum atomic E-state index is 11.6. The molecule has 0 bridgehead atoms. The molecule has 0 aromatic carbocycles. The van der Waals surface area contributed by atoms with Crippen LogP contribution in [0.2, 0.25) is 0 Å². The van der Waals surface area contributed by atoms with Crippen molar-refractivity contribution in [2.45, 2.75) is 49.4 Å². The summed E-state index contributed by atoms with van der Waals surface area (Å²) in [5.41, 5.74) is -0.790. The van der Waals surface area contributed by atoms with E-state index >= 15 is 0 Å². The molecule has 1 N–H and O–H groups in total. The molecule has 100 valence electrons. The maximum absolute atomic E-state index is 11.6. The molecule has 1 heterocycles. The van der Waals surface area contributed by atoms with Crippen molar-refractivity contribution in [2.24, 2.45) is 5.92 Å². The van der Waals surface area contributed by atoms with E-state index in [2.05, 4.69) is 0 Å². The van der Waals surface area contributed by atoms with Crippen molar-refractivity contribution in [1.29, 1.82) is 0 Å². The van der Waals surface area contributed by atoms with Gasteiger partial charge in [0.25, 0.3) is 0 Å². The Morgan fingerprint density at radius 2 is 2.06 bits per heavy atom. The minimum absolute atomic E-state index is 0.0799. The summed E-state index contributed by atoms with van der Waals surface area (Å²) in [6, 6.07) is 0. The topological polar surface area (TPSA) is 63.6 Å². The molecule has 1 aliphatic carbocycles. The summed E-state index contributed by atoms with van der Waals surface area (Å²) in [7, 11) is -2.98. The zero-order valence-electron chi connectivity index (χ0n) is 10.4. The molecule has 0 amide bonds. The molecule has 17 heavy (non-hydrogen) atoms.